The molecule has 0 aliphatic rings. The maximum Gasteiger partial charge on any atom is 0.315 e. The summed E-state index contributed by atoms with van der Waals surface area (Å²) in [7, 11) is -3.66. The lowest BCUT2D eigenvalue weighted by Gasteiger charge is -2.05. The van der Waals surface area contributed by atoms with Gasteiger partial charge in [-0.2, -0.15) is 4.98 Å². The fraction of sp³-hybridized carbons (Fsp3) is 0.158. The average Bonchev–Trinajstić information content (AvgIpc) is 3.20. The van der Waals surface area contributed by atoms with Crippen molar-refractivity contribution >= 4 is 33.3 Å². The lowest BCUT2D eigenvalue weighted by Crippen LogP contribution is -2.34. The third kappa shape index (κ3) is 5.65. The van der Waals surface area contributed by atoms with Crippen LogP contribution in [0.1, 0.15) is 26.9 Å². The molecule has 1 heterocycles. The summed E-state index contributed by atoms with van der Waals surface area (Å²) in [6, 6.07) is 14.2. The van der Waals surface area contributed by atoms with E-state index in [-0.39, 0.29) is 35.6 Å². The maximum absolute atomic E-state index is 12.3. The van der Waals surface area contributed by atoms with Gasteiger partial charge >= 0.3 is 11.8 Å². The summed E-state index contributed by atoms with van der Waals surface area (Å²) in [5.74, 6) is -1.97. The largest absolute Gasteiger partial charge is 0.350 e. The smallest absolute Gasteiger partial charge is 0.315 e. The van der Waals surface area contributed by atoms with Crippen molar-refractivity contribution in [3.63, 3.8) is 0 Å². The Balaban J connectivity index is 1.48. The third-order valence-corrected chi connectivity index (χ3v) is 5.77. The zero-order chi connectivity index (χ0) is 21.6. The van der Waals surface area contributed by atoms with Crippen molar-refractivity contribution < 1.29 is 22.5 Å². The number of nitrogens with zero attached hydrogens (tertiary/aromatic N) is 2. The van der Waals surface area contributed by atoms with Crippen LogP contribution in [-0.2, 0) is 15.6 Å². The van der Waals surface area contributed by atoms with Crippen molar-refractivity contribution in [2.75, 3.05) is 13.1 Å². The van der Waals surface area contributed by atoms with Gasteiger partial charge in [0, 0.05) is 23.7 Å². The molecular formula is C19H17ClN4O5S. The highest BCUT2D eigenvalue weighted by atomic mass is 35.5. The van der Waals surface area contributed by atoms with Gasteiger partial charge in [0.05, 0.1) is 4.90 Å². The van der Waals surface area contributed by atoms with Gasteiger partial charge in [-0.15, -0.1) is 0 Å². The first-order chi connectivity index (χ1) is 14.3. The molecule has 11 heteroatoms. The first-order valence-electron chi connectivity index (χ1n) is 8.77. The van der Waals surface area contributed by atoms with Crippen molar-refractivity contribution in [1.82, 2.24) is 20.8 Å². The molecule has 0 spiro atoms. The van der Waals surface area contributed by atoms with Crippen LogP contribution in [0.3, 0.4) is 0 Å². The highest BCUT2D eigenvalue weighted by Gasteiger charge is 2.21. The molecule has 2 N–H and O–H groups in total. The van der Waals surface area contributed by atoms with E-state index in [1.165, 1.54) is 12.1 Å². The number of nitrogens with one attached hydrogen (secondary N) is 2. The number of carbonyl (C=O) groups is 2. The van der Waals surface area contributed by atoms with Crippen LogP contribution in [0.25, 0.3) is 0 Å². The summed E-state index contributed by atoms with van der Waals surface area (Å²) in [4.78, 5) is 28.0. The number of hydrogen-bond donors (Lipinski definition) is 2. The highest BCUT2D eigenvalue weighted by Crippen LogP contribution is 2.14. The number of sulfone groups is 1. The number of aromatic nitrogens is 2. The van der Waals surface area contributed by atoms with Crippen molar-refractivity contribution in [2.45, 2.75) is 10.6 Å². The molecule has 0 saturated heterocycles. The predicted octanol–water partition coefficient (Wildman–Crippen LogP) is 1.86. The summed E-state index contributed by atoms with van der Waals surface area (Å²) < 4.78 is 29.5. The van der Waals surface area contributed by atoms with Gasteiger partial charge in [-0.3, -0.25) is 9.59 Å². The van der Waals surface area contributed by atoms with Crippen molar-refractivity contribution in [2.24, 2.45) is 0 Å². The van der Waals surface area contributed by atoms with Crippen molar-refractivity contribution in [1.29, 1.82) is 0 Å². The van der Waals surface area contributed by atoms with Crippen molar-refractivity contribution in [3.8, 4) is 0 Å². The summed E-state index contributed by atoms with van der Waals surface area (Å²) in [6.45, 7) is 0.273. The predicted molar refractivity (Wildman–Crippen MR) is 108 cm³/mol. The van der Waals surface area contributed by atoms with E-state index < -0.39 is 21.5 Å². The van der Waals surface area contributed by atoms with E-state index in [9.17, 15) is 18.0 Å². The van der Waals surface area contributed by atoms with E-state index >= 15 is 0 Å². The molecule has 3 rings (SSSR count). The Kier molecular flexibility index (Phi) is 6.80. The lowest BCUT2D eigenvalue weighted by atomic mass is 10.2. The van der Waals surface area contributed by atoms with Crippen LogP contribution in [0, 0.1) is 0 Å². The first-order valence-corrected chi connectivity index (χ1v) is 10.8. The second kappa shape index (κ2) is 9.51. The Labute approximate surface area is 177 Å². The standard InChI is InChI=1S/C19H17ClN4O5S/c20-14-8-6-13(7-9-14)17(25)21-10-11-22-18(26)19-23-16(24-29-19)12-30(27,28)15-4-2-1-3-5-15/h1-9H,10-12H2,(H,21,25)(H,22,26). The number of carbonyl (C=O) groups excluding carboxylic acids is 2. The van der Waals surface area contributed by atoms with Gasteiger partial charge in [0.25, 0.3) is 5.91 Å². The minimum absolute atomic E-state index is 0.109. The van der Waals surface area contributed by atoms with Gasteiger partial charge < -0.3 is 15.2 Å². The molecule has 9 nitrogen and oxygen atoms in total. The molecule has 0 fully saturated rings. The van der Waals surface area contributed by atoms with Crippen LogP contribution in [0.2, 0.25) is 5.02 Å². The maximum atomic E-state index is 12.3. The van der Waals surface area contributed by atoms with Gasteiger partial charge in [-0.05, 0) is 36.4 Å². The number of halogens is 1. The Morgan fingerprint density at radius 2 is 1.57 bits per heavy atom. The van der Waals surface area contributed by atoms with Gasteiger partial charge in [-0.1, -0.05) is 35.0 Å². The second-order valence-corrected chi connectivity index (χ2v) is 8.53. The van der Waals surface area contributed by atoms with Crippen LogP contribution in [-0.4, -0.2) is 43.5 Å². The summed E-state index contributed by atoms with van der Waals surface area (Å²) in [5, 5.41) is 9.21. The van der Waals surface area contributed by atoms with Gasteiger partial charge in [0.2, 0.25) is 0 Å². The molecule has 0 radical (unpaired) electrons. The lowest BCUT2D eigenvalue weighted by molar-refractivity contribution is 0.0898. The summed E-state index contributed by atoms with van der Waals surface area (Å²) in [5.41, 5.74) is 0.437. The molecule has 2 aromatic carbocycles. The highest BCUT2D eigenvalue weighted by molar-refractivity contribution is 7.90. The minimum atomic E-state index is -3.66. The number of benzene rings is 2. The Bertz CT molecular complexity index is 1130. The third-order valence-electron chi connectivity index (χ3n) is 3.89. The molecule has 0 bridgehead atoms. The van der Waals surface area contributed by atoms with Crippen LogP contribution in [0.15, 0.2) is 64.0 Å². The van der Waals surface area contributed by atoms with E-state index in [1.807, 2.05) is 0 Å². The van der Waals surface area contributed by atoms with Crippen molar-refractivity contribution in [3.05, 3.63) is 76.9 Å². The fourth-order valence-electron chi connectivity index (χ4n) is 2.42. The molecule has 0 atom stereocenters. The summed E-state index contributed by atoms with van der Waals surface area (Å²) in [6.07, 6.45) is 0. The molecule has 0 unspecified atom stereocenters. The Morgan fingerprint density at radius 3 is 2.23 bits per heavy atom. The quantitative estimate of drug-likeness (QED) is 0.502. The number of hydrogen-bond acceptors (Lipinski definition) is 7. The normalized spacial score (nSPS) is 11.1. The Morgan fingerprint density at radius 1 is 0.933 bits per heavy atom. The van der Waals surface area contributed by atoms with Crippen LogP contribution >= 0.6 is 11.6 Å². The monoisotopic (exact) mass is 448 g/mol. The zero-order valence-electron chi connectivity index (χ0n) is 15.5. The SMILES string of the molecule is O=C(NCCNC(=O)c1nc(CS(=O)(=O)c2ccccc2)no1)c1ccc(Cl)cc1. The average molecular weight is 449 g/mol. The van der Waals surface area contributed by atoms with Gasteiger partial charge in [0.15, 0.2) is 15.7 Å². The Hall–Kier alpha value is -3.24. The number of amides is 2. The van der Waals surface area contributed by atoms with Crippen LogP contribution in [0.5, 0.6) is 0 Å². The molecule has 1 aromatic heterocycles. The molecule has 0 aliphatic carbocycles. The number of rotatable bonds is 8. The van der Waals surface area contributed by atoms with E-state index in [4.69, 9.17) is 16.1 Å². The molecule has 0 aliphatic heterocycles. The molecule has 2 amide bonds. The van der Waals surface area contributed by atoms with Gasteiger partial charge in [0.1, 0.15) is 5.75 Å². The molecule has 3 aromatic rings. The van der Waals surface area contributed by atoms with Gasteiger partial charge in [-0.25, -0.2) is 8.42 Å². The molecular weight excluding hydrogens is 432 g/mol. The van der Waals surface area contributed by atoms with E-state index in [0.29, 0.717) is 10.6 Å². The fourth-order valence-corrected chi connectivity index (χ4v) is 3.74. The van der Waals surface area contributed by atoms with Crippen LogP contribution < -0.4 is 10.6 Å². The van der Waals surface area contributed by atoms with E-state index in [1.54, 1.807) is 42.5 Å². The summed E-state index contributed by atoms with van der Waals surface area (Å²) >= 11 is 5.77. The molecule has 30 heavy (non-hydrogen) atoms. The topological polar surface area (TPSA) is 131 Å². The second-order valence-electron chi connectivity index (χ2n) is 6.11. The minimum Gasteiger partial charge on any atom is -0.350 e. The van der Waals surface area contributed by atoms with E-state index in [2.05, 4.69) is 20.8 Å². The first kappa shape index (κ1) is 21.5. The molecule has 0 saturated carbocycles. The van der Waals surface area contributed by atoms with Crippen LogP contribution in [0.4, 0.5) is 0 Å². The zero-order valence-corrected chi connectivity index (χ0v) is 17.1. The van der Waals surface area contributed by atoms with E-state index in [0.717, 1.165) is 0 Å². The molecule has 156 valence electrons.